The second kappa shape index (κ2) is 6.63. The fraction of sp³-hybridized carbons (Fsp3) is 0.467. The van der Waals surface area contributed by atoms with Gasteiger partial charge in [0.1, 0.15) is 0 Å². The average molecular weight is 272 g/mol. The number of nitrogens with one attached hydrogen (secondary N) is 1. The van der Waals surface area contributed by atoms with Crippen LogP contribution in [0.5, 0.6) is 0 Å². The van der Waals surface area contributed by atoms with Crippen molar-refractivity contribution in [1.82, 2.24) is 19.9 Å². The topological polar surface area (TPSA) is 52.0 Å². The van der Waals surface area contributed by atoms with Crippen LogP contribution in [0.1, 0.15) is 12.8 Å². The van der Waals surface area contributed by atoms with Crippen LogP contribution < -0.4 is 5.32 Å². The zero-order chi connectivity index (χ0) is 13.6. The van der Waals surface area contributed by atoms with Gasteiger partial charge in [0, 0.05) is 24.5 Å². The van der Waals surface area contributed by atoms with Gasteiger partial charge in [0.25, 0.3) is 0 Å². The maximum Gasteiger partial charge on any atom is 0.0951 e. The van der Waals surface area contributed by atoms with Gasteiger partial charge >= 0.3 is 0 Å². The van der Waals surface area contributed by atoms with Crippen LogP contribution in [0.3, 0.4) is 0 Å². The fourth-order valence-electron chi connectivity index (χ4n) is 2.54. The molecular weight excluding hydrogens is 252 g/mol. The molecule has 0 radical (unpaired) electrons. The Morgan fingerprint density at radius 2 is 2.00 bits per heavy atom. The Labute approximate surface area is 119 Å². The van der Waals surface area contributed by atoms with Gasteiger partial charge in [-0.05, 0) is 38.1 Å². The first-order chi connectivity index (χ1) is 9.93. The van der Waals surface area contributed by atoms with Gasteiger partial charge in [-0.3, -0.25) is 4.98 Å². The average Bonchev–Trinajstić information content (AvgIpc) is 2.98. The summed E-state index contributed by atoms with van der Waals surface area (Å²) in [7, 11) is 0. The molecule has 106 valence electrons. The van der Waals surface area contributed by atoms with Crippen molar-refractivity contribution >= 4 is 0 Å². The fourth-order valence-corrected chi connectivity index (χ4v) is 2.54. The summed E-state index contributed by atoms with van der Waals surface area (Å²) in [4.78, 5) is 8.29. The number of pyridine rings is 1. The van der Waals surface area contributed by atoms with E-state index < -0.39 is 0 Å². The molecule has 5 nitrogen and oxygen atoms in total. The molecule has 0 amide bonds. The first-order valence-corrected chi connectivity index (χ1v) is 7.16. The molecule has 0 aliphatic carbocycles. The van der Waals surface area contributed by atoms with Crippen LogP contribution in [0.25, 0.3) is 11.3 Å². The SMILES string of the molecule is c1cc(-c2cncn2CCOC2CCNCC2)ccn1. The summed E-state index contributed by atoms with van der Waals surface area (Å²) >= 11 is 0. The molecule has 2 aromatic heterocycles. The highest BCUT2D eigenvalue weighted by Gasteiger charge is 2.13. The quantitative estimate of drug-likeness (QED) is 0.900. The van der Waals surface area contributed by atoms with Gasteiger partial charge in [0.2, 0.25) is 0 Å². The van der Waals surface area contributed by atoms with Crippen molar-refractivity contribution in [1.29, 1.82) is 0 Å². The second-order valence-corrected chi connectivity index (χ2v) is 5.03. The highest BCUT2D eigenvalue weighted by Crippen LogP contribution is 2.17. The van der Waals surface area contributed by atoms with E-state index in [4.69, 9.17) is 4.74 Å². The normalized spacial score (nSPS) is 16.4. The van der Waals surface area contributed by atoms with Gasteiger partial charge in [-0.2, -0.15) is 0 Å². The molecule has 0 atom stereocenters. The molecule has 0 unspecified atom stereocenters. The van der Waals surface area contributed by atoms with E-state index in [1.54, 1.807) is 12.4 Å². The van der Waals surface area contributed by atoms with Crippen LogP contribution in [-0.4, -0.2) is 40.3 Å². The van der Waals surface area contributed by atoms with E-state index in [9.17, 15) is 0 Å². The standard InChI is InChI=1S/C15H20N4O/c1-5-16-6-2-13(1)15-11-18-12-19(15)9-10-20-14-3-7-17-8-4-14/h1-2,5-6,11-12,14,17H,3-4,7-10H2. The van der Waals surface area contributed by atoms with E-state index in [1.807, 2.05) is 24.7 Å². The first kappa shape index (κ1) is 13.3. The number of piperidine rings is 1. The molecule has 1 N–H and O–H groups in total. The lowest BCUT2D eigenvalue weighted by atomic mass is 10.1. The Kier molecular flexibility index (Phi) is 4.40. The predicted molar refractivity (Wildman–Crippen MR) is 77.3 cm³/mol. The van der Waals surface area contributed by atoms with E-state index in [1.165, 1.54) is 0 Å². The van der Waals surface area contributed by atoms with Crippen LogP contribution in [0.2, 0.25) is 0 Å². The van der Waals surface area contributed by atoms with Crippen molar-refractivity contribution in [2.45, 2.75) is 25.5 Å². The maximum absolute atomic E-state index is 5.95. The van der Waals surface area contributed by atoms with Crippen LogP contribution in [0.4, 0.5) is 0 Å². The molecule has 3 rings (SSSR count). The number of hydrogen-bond acceptors (Lipinski definition) is 4. The molecule has 2 aromatic rings. The molecule has 0 saturated carbocycles. The Bertz CT molecular complexity index is 520. The molecule has 0 aromatic carbocycles. The van der Waals surface area contributed by atoms with E-state index in [2.05, 4.69) is 19.9 Å². The van der Waals surface area contributed by atoms with Crippen molar-refractivity contribution in [2.75, 3.05) is 19.7 Å². The lowest BCUT2D eigenvalue weighted by Gasteiger charge is -2.23. The number of hydrogen-bond donors (Lipinski definition) is 1. The zero-order valence-corrected chi connectivity index (χ0v) is 11.5. The summed E-state index contributed by atoms with van der Waals surface area (Å²) in [5.41, 5.74) is 2.25. The molecule has 20 heavy (non-hydrogen) atoms. The van der Waals surface area contributed by atoms with Gasteiger partial charge in [-0.25, -0.2) is 4.98 Å². The predicted octanol–water partition coefficient (Wildman–Crippen LogP) is 1.71. The van der Waals surface area contributed by atoms with Gasteiger partial charge in [0.05, 0.1) is 30.9 Å². The Morgan fingerprint density at radius 3 is 2.80 bits per heavy atom. The zero-order valence-electron chi connectivity index (χ0n) is 11.5. The van der Waals surface area contributed by atoms with Crippen LogP contribution in [0.15, 0.2) is 37.1 Å². The van der Waals surface area contributed by atoms with Crippen LogP contribution in [0, 0.1) is 0 Å². The minimum Gasteiger partial charge on any atom is -0.376 e. The highest BCUT2D eigenvalue weighted by atomic mass is 16.5. The minimum absolute atomic E-state index is 0.407. The molecule has 3 heterocycles. The van der Waals surface area contributed by atoms with E-state index in [-0.39, 0.29) is 0 Å². The summed E-state index contributed by atoms with van der Waals surface area (Å²) in [5, 5.41) is 3.35. The van der Waals surface area contributed by atoms with E-state index in [0.717, 1.165) is 50.3 Å². The monoisotopic (exact) mass is 272 g/mol. The van der Waals surface area contributed by atoms with Crippen molar-refractivity contribution in [3.8, 4) is 11.3 Å². The van der Waals surface area contributed by atoms with Crippen molar-refractivity contribution in [2.24, 2.45) is 0 Å². The summed E-state index contributed by atoms with van der Waals surface area (Å²) in [6, 6.07) is 4.00. The van der Waals surface area contributed by atoms with Gasteiger partial charge in [0.15, 0.2) is 0 Å². The first-order valence-electron chi connectivity index (χ1n) is 7.16. The molecular formula is C15H20N4O. The third kappa shape index (κ3) is 3.23. The molecule has 0 spiro atoms. The van der Waals surface area contributed by atoms with Gasteiger partial charge < -0.3 is 14.6 Å². The summed E-state index contributed by atoms with van der Waals surface area (Å²) in [6.07, 6.45) is 9.99. The largest absolute Gasteiger partial charge is 0.376 e. The third-order valence-corrected chi connectivity index (χ3v) is 3.66. The molecule has 1 saturated heterocycles. The lowest BCUT2D eigenvalue weighted by molar-refractivity contribution is 0.0286. The molecule has 5 heteroatoms. The second-order valence-electron chi connectivity index (χ2n) is 5.03. The van der Waals surface area contributed by atoms with Crippen molar-refractivity contribution in [3.63, 3.8) is 0 Å². The number of rotatable bonds is 5. The number of aromatic nitrogens is 3. The Morgan fingerprint density at radius 1 is 1.20 bits per heavy atom. The summed E-state index contributed by atoms with van der Waals surface area (Å²) in [5.74, 6) is 0. The van der Waals surface area contributed by atoms with E-state index in [0.29, 0.717) is 6.10 Å². The smallest absolute Gasteiger partial charge is 0.0951 e. The molecule has 1 fully saturated rings. The minimum atomic E-state index is 0.407. The molecule has 1 aliphatic heterocycles. The van der Waals surface area contributed by atoms with E-state index >= 15 is 0 Å². The third-order valence-electron chi connectivity index (χ3n) is 3.66. The molecule has 1 aliphatic rings. The summed E-state index contributed by atoms with van der Waals surface area (Å²) in [6.45, 7) is 3.71. The van der Waals surface area contributed by atoms with Crippen LogP contribution in [-0.2, 0) is 11.3 Å². The van der Waals surface area contributed by atoms with Crippen LogP contribution >= 0.6 is 0 Å². The van der Waals surface area contributed by atoms with Gasteiger partial charge in [-0.1, -0.05) is 0 Å². The Hall–Kier alpha value is -1.72. The van der Waals surface area contributed by atoms with Crippen molar-refractivity contribution < 1.29 is 4.74 Å². The number of ether oxygens (including phenoxy) is 1. The lowest BCUT2D eigenvalue weighted by Crippen LogP contribution is -2.33. The van der Waals surface area contributed by atoms with Gasteiger partial charge in [-0.15, -0.1) is 0 Å². The Balaban J connectivity index is 1.57. The number of imidazole rings is 1. The highest BCUT2D eigenvalue weighted by molar-refractivity contribution is 5.57. The summed E-state index contributed by atoms with van der Waals surface area (Å²) < 4.78 is 8.08. The molecule has 0 bridgehead atoms. The maximum atomic E-state index is 5.95. The number of nitrogens with zero attached hydrogens (tertiary/aromatic N) is 3. The van der Waals surface area contributed by atoms with Crippen molar-refractivity contribution in [3.05, 3.63) is 37.1 Å².